The standard InChI is InChI=1S/C19H31NO6/c1-3-4-6-11-13(21)14-16(23)20-19(17(24)25,18(14,2)26)15(22)12-9-7-5-8-10-12/h7,9,12-15,21-22,26H,3-6,8,10-11H2,1-2H3,(H,20,23)(H,24,25)/t12?,13?,14-,15-,18-,19-/m0/s1. The number of nitrogens with one attached hydrogen (secondary N) is 1. The molecule has 7 heteroatoms. The number of carboxylic acid groups (broad SMARTS) is 1. The second kappa shape index (κ2) is 8.06. The van der Waals surface area contributed by atoms with Gasteiger partial charge in [-0.05, 0) is 32.6 Å². The van der Waals surface area contributed by atoms with E-state index in [-0.39, 0.29) is 6.42 Å². The molecule has 1 aliphatic carbocycles. The molecule has 148 valence electrons. The molecule has 0 bridgehead atoms. The molecule has 1 amide bonds. The summed E-state index contributed by atoms with van der Waals surface area (Å²) in [4.78, 5) is 24.7. The fourth-order valence-corrected chi connectivity index (χ4v) is 4.41. The van der Waals surface area contributed by atoms with Crippen LogP contribution >= 0.6 is 0 Å². The van der Waals surface area contributed by atoms with Crippen molar-refractivity contribution in [1.82, 2.24) is 5.32 Å². The quantitative estimate of drug-likeness (QED) is 0.320. The minimum absolute atomic E-state index is 0.289. The molecule has 5 N–H and O–H groups in total. The lowest BCUT2D eigenvalue weighted by Crippen LogP contribution is -2.70. The summed E-state index contributed by atoms with van der Waals surface area (Å²) in [5, 5.41) is 44.7. The number of carboxylic acids is 1. The van der Waals surface area contributed by atoms with E-state index in [4.69, 9.17) is 0 Å². The monoisotopic (exact) mass is 369 g/mol. The van der Waals surface area contributed by atoms with Gasteiger partial charge in [0.05, 0.1) is 18.1 Å². The number of carbonyl (C=O) groups excluding carboxylic acids is 1. The van der Waals surface area contributed by atoms with Gasteiger partial charge in [-0.15, -0.1) is 0 Å². The van der Waals surface area contributed by atoms with E-state index in [2.05, 4.69) is 5.32 Å². The van der Waals surface area contributed by atoms with E-state index in [1.165, 1.54) is 6.92 Å². The van der Waals surface area contributed by atoms with Gasteiger partial charge in [0.2, 0.25) is 5.91 Å². The highest BCUT2D eigenvalue weighted by Crippen LogP contribution is 2.44. The largest absolute Gasteiger partial charge is 0.479 e. The van der Waals surface area contributed by atoms with E-state index in [9.17, 15) is 30.0 Å². The van der Waals surface area contributed by atoms with Crippen molar-refractivity contribution >= 4 is 11.9 Å². The van der Waals surface area contributed by atoms with Crippen molar-refractivity contribution in [2.45, 2.75) is 82.1 Å². The lowest BCUT2D eigenvalue weighted by Gasteiger charge is -2.43. The van der Waals surface area contributed by atoms with Gasteiger partial charge in [-0.25, -0.2) is 4.79 Å². The van der Waals surface area contributed by atoms with Crippen LogP contribution in [0.1, 0.15) is 58.8 Å². The summed E-state index contributed by atoms with van der Waals surface area (Å²) >= 11 is 0. The molecule has 7 nitrogen and oxygen atoms in total. The Bertz CT molecular complexity index is 560. The average Bonchev–Trinajstić information content (AvgIpc) is 2.81. The van der Waals surface area contributed by atoms with Crippen molar-refractivity contribution in [2.75, 3.05) is 0 Å². The molecule has 1 heterocycles. The predicted molar refractivity (Wildman–Crippen MR) is 95.3 cm³/mol. The number of aliphatic hydroxyl groups excluding tert-OH is 2. The molecule has 1 fully saturated rings. The zero-order valence-electron chi connectivity index (χ0n) is 15.5. The smallest absolute Gasteiger partial charge is 0.335 e. The van der Waals surface area contributed by atoms with Gasteiger partial charge < -0.3 is 25.7 Å². The lowest BCUT2D eigenvalue weighted by atomic mass is 9.67. The van der Waals surface area contributed by atoms with E-state index in [1.807, 2.05) is 13.0 Å². The molecule has 0 aromatic heterocycles. The molecule has 2 rings (SSSR count). The number of aliphatic hydroxyl groups is 3. The van der Waals surface area contributed by atoms with E-state index >= 15 is 0 Å². The molecule has 0 spiro atoms. The Morgan fingerprint density at radius 3 is 2.62 bits per heavy atom. The number of hydrogen-bond acceptors (Lipinski definition) is 5. The molecule has 1 saturated heterocycles. The van der Waals surface area contributed by atoms with Crippen molar-refractivity contribution in [3.05, 3.63) is 12.2 Å². The minimum Gasteiger partial charge on any atom is -0.479 e. The SMILES string of the molecule is CCCCCC(O)[C@H]1C(=O)N[C@](C(=O)O)([C@@H](O)C2C=CCCC2)[C@@]1(C)O. The van der Waals surface area contributed by atoms with Crippen LogP contribution in [-0.2, 0) is 9.59 Å². The highest BCUT2D eigenvalue weighted by molar-refractivity contribution is 5.96. The van der Waals surface area contributed by atoms with Crippen molar-refractivity contribution < 1.29 is 30.0 Å². The van der Waals surface area contributed by atoms with E-state index in [0.29, 0.717) is 12.8 Å². The van der Waals surface area contributed by atoms with E-state index in [1.54, 1.807) is 6.08 Å². The first-order valence-electron chi connectivity index (χ1n) is 9.50. The number of hydrogen-bond donors (Lipinski definition) is 5. The Morgan fingerprint density at radius 2 is 2.08 bits per heavy atom. The zero-order chi connectivity index (χ0) is 19.5. The topological polar surface area (TPSA) is 127 Å². The Labute approximate surface area is 154 Å². The minimum atomic E-state index is -2.26. The van der Waals surface area contributed by atoms with Crippen LogP contribution < -0.4 is 5.32 Å². The molecule has 0 saturated carbocycles. The van der Waals surface area contributed by atoms with Crippen LogP contribution in [0.15, 0.2) is 12.2 Å². The van der Waals surface area contributed by atoms with Crippen LogP contribution in [0.25, 0.3) is 0 Å². The van der Waals surface area contributed by atoms with Gasteiger partial charge in [0, 0.05) is 5.92 Å². The molecule has 0 aromatic rings. The third-order valence-electron chi connectivity index (χ3n) is 5.97. The van der Waals surface area contributed by atoms with Crippen molar-refractivity contribution in [1.29, 1.82) is 0 Å². The normalized spacial score (nSPS) is 36.6. The van der Waals surface area contributed by atoms with Crippen LogP contribution in [0.4, 0.5) is 0 Å². The fourth-order valence-electron chi connectivity index (χ4n) is 4.41. The second-order valence-corrected chi connectivity index (χ2v) is 7.76. The molecule has 1 aliphatic heterocycles. The molecule has 26 heavy (non-hydrogen) atoms. The summed E-state index contributed by atoms with van der Waals surface area (Å²) in [5.74, 6) is -4.02. The molecule has 6 atom stereocenters. The highest BCUT2D eigenvalue weighted by Gasteiger charge is 2.70. The summed E-state index contributed by atoms with van der Waals surface area (Å²) in [5.41, 5.74) is -4.39. The maximum absolute atomic E-state index is 12.5. The molecule has 0 aromatic carbocycles. The van der Waals surface area contributed by atoms with Gasteiger partial charge in [0.25, 0.3) is 0 Å². The number of allylic oxidation sites excluding steroid dienone is 1. The van der Waals surface area contributed by atoms with Crippen molar-refractivity contribution in [3.63, 3.8) is 0 Å². The maximum atomic E-state index is 12.5. The van der Waals surface area contributed by atoms with Gasteiger partial charge >= 0.3 is 5.97 Å². The van der Waals surface area contributed by atoms with Crippen LogP contribution in [0.5, 0.6) is 0 Å². The van der Waals surface area contributed by atoms with E-state index < -0.39 is 47.1 Å². The van der Waals surface area contributed by atoms with Gasteiger partial charge in [0.15, 0.2) is 5.54 Å². The van der Waals surface area contributed by atoms with Crippen molar-refractivity contribution in [2.24, 2.45) is 11.8 Å². The first kappa shape index (κ1) is 20.9. The Kier molecular flexibility index (Phi) is 6.47. The zero-order valence-corrected chi connectivity index (χ0v) is 15.5. The Balaban J connectivity index is 2.34. The van der Waals surface area contributed by atoms with Crippen LogP contribution in [0, 0.1) is 11.8 Å². The first-order chi connectivity index (χ1) is 12.2. The molecule has 2 aliphatic rings. The maximum Gasteiger partial charge on any atom is 0.335 e. The van der Waals surface area contributed by atoms with Gasteiger partial charge in [0.1, 0.15) is 5.60 Å². The second-order valence-electron chi connectivity index (χ2n) is 7.76. The van der Waals surface area contributed by atoms with Crippen LogP contribution in [0.2, 0.25) is 0 Å². The van der Waals surface area contributed by atoms with Crippen LogP contribution in [-0.4, -0.2) is 55.7 Å². The fraction of sp³-hybridized carbons (Fsp3) is 0.789. The lowest BCUT2D eigenvalue weighted by molar-refractivity contribution is -0.173. The van der Waals surface area contributed by atoms with Gasteiger partial charge in [-0.1, -0.05) is 38.3 Å². The third-order valence-corrected chi connectivity index (χ3v) is 5.97. The Hall–Kier alpha value is -1.44. The summed E-state index contributed by atoms with van der Waals surface area (Å²) in [6.07, 6.45) is 5.93. The number of unbranched alkanes of at least 4 members (excludes halogenated alkanes) is 2. The summed E-state index contributed by atoms with van der Waals surface area (Å²) in [6, 6.07) is 0. The molecular weight excluding hydrogens is 338 g/mol. The van der Waals surface area contributed by atoms with Gasteiger partial charge in [-0.3, -0.25) is 4.79 Å². The molecular formula is C19H31NO6. The van der Waals surface area contributed by atoms with E-state index in [0.717, 1.165) is 25.7 Å². The predicted octanol–water partition coefficient (Wildman–Crippen LogP) is 0.965. The first-order valence-corrected chi connectivity index (χ1v) is 9.50. The summed E-state index contributed by atoms with van der Waals surface area (Å²) in [7, 11) is 0. The van der Waals surface area contributed by atoms with Gasteiger partial charge in [-0.2, -0.15) is 0 Å². The number of rotatable bonds is 8. The number of amides is 1. The average molecular weight is 369 g/mol. The van der Waals surface area contributed by atoms with Crippen molar-refractivity contribution in [3.8, 4) is 0 Å². The highest BCUT2D eigenvalue weighted by atomic mass is 16.4. The summed E-state index contributed by atoms with van der Waals surface area (Å²) in [6.45, 7) is 3.23. The third kappa shape index (κ3) is 3.40. The molecule has 2 unspecified atom stereocenters. The number of aliphatic carboxylic acids is 1. The van der Waals surface area contributed by atoms with Crippen LogP contribution in [0.3, 0.4) is 0 Å². The number of carbonyl (C=O) groups is 2. The summed E-state index contributed by atoms with van der Waals surface area (Å²) < 4.78 is 0. The Morgan fingerprint density at radius 1 is 1.38 bits per heavy atom. The molecule has 0 radical (unpaired) electrons.